The van der Waals surface area contributed by atoms with Crippen molar-refractivity contribution in [2.45, 2.75) is 0 Å². The van der Waals surface area contributed by atoms with Gasteiger partial charge in [-0.05, 0) is 35.3 Å². The normalized spacial score (nSPS) is 9.79. The summed E-state index contributed by atoms with van der Waals surface area (Å²) in [6, 6.07) is 6.29. The van der Waals surface area contributed by atoms with Gasteiger partial charge in [-0.3, -0.25) is 0 Å². The Hall–Kier alpha value is 0.220. The third-order valence-electron chi connectivity index (χ3n) is 1.63. The smallest absolute Gasteiger partial charge is 0.288 e. The molecular weight excluding hydrogens is 466 g/mol. The Balaban J connectivity index is 0.000000191. The Labute approximate surface area is 146 Å². The minimum absolute atomic E-state index is 0.0550. The summed E-state index contributed by atoms with van der Waals surface area (Å²) in [5.74, 6) is 0. The molecule has 0 saturated carbocycles. The van der Waals surface area contributed by atoms with Gasteiger partial charge in [-0.15, -0.1) is 4.73 Å². The van der Waals surface area contributed by atoms with Crippen molar-refractivity contribution in [2.24, 2.45) is 0 Å². The van der Waals surface area contributed by atoms with Gasteiger partial charge >= 0.3 is 0 Å². The van der Waals surface area contributed by atoms with Crippen molar-refractivity contribution < 1.29 is 4.73 Å². The van der Waals surface area contributed by atoms with Crippen LogP contribution in [0, 0.1) is 5.21 Å². The van der Waals surface area contributed by atoms with Crippen LogP contribution in [0.3, 0.4) is 0 Å². The zero-order chi connectivity index (χ0) is 14.6. The lowest BCUT2D eigenvalue weighted by molar-refractivity contribution is -0.600. The van der Waals surface area contributed by atoms with Crippen LogP contribution >= 0.6 is 78.3 Å². The van der Waals surface area contributed by atoms with Crippen LogP contribution in [0.25, 0.3) is 0 Å². The van der Waals surface area contributed by atoms with E-state index in [0.717, 1.165) is 4.47 Å². The van der Waals surface area contributed by atoms with Crippen molar-refractivity contribution in [3.63, 3.8) is 0 Å². The summed E-state index contributed by atoms with van der Waals surface area (Å²) in [7, 11) is 0. The molecule has 3 nitrogen and oxygen atoms in total. The van der Waals surface area contributed by atoms with Gasteiger partial charge in [-0.2, -0.15) is 0 Å². The topological polar surface area (TPSA) is 39.8 Å². The molecule has 2 heterocycles. The fourth-order valence-electron chi connectivity index (χ4n) is 0.924. The number of hydrogen-bond acceptors (Lipinski definition) is 2. The molecule has 0 saturated heterocycles. The minimum Gasteiger partial charge on any atom is -0.617 e. The SMILES string of the molecule is Clc1cc(Br)cc(Cl)n1.[O-][n+]1c(Cl)cc(Br)cc1Cl. The van der Waals surface area contributed by atoms with E-state index in [4.69, 9.17) is 46.4 Å². The first-order chi connectivity index (χ1) is 8.79. The third kappa shape index (κ3) is 6.02. The Morgan fingerprint density at radius 2 is 1.21 bits per heavy atom. The van der Waals surface area contributed by atoms with Crippen LogP contribution in [0.5, 0.6) is 0 Å². The summed E-state index contributed by atoms with van der Waals surface area (Å²) in [5, 5.41) is 11.7. The van der Waals surface area contributed by atoms with E-state index in [2.05, 4.69) is 36.8 Å². The van der Waals surface area contributed by atoms with Gasteiger partial charge in [0, 0.05) is 21.1 Å². The molecule has 2 rings (SSSR count). The van der Waals surface area contributed by atoms with Gasteiger partial charge in [0.05, 0.1) is 0 Å². The molecule has 0 spiro atoms. The molecule has 0 fully saturated rings. The van der Waals surface area contributed by atoms with E-state index in [9.17, 15) is 5.21 Å². The Kier molecular flexibility index (Phi) is 7.14. The van der Waals surface area contributed by atoms with Crippen LogP contribution in [-0.2, 0) is 0 Å². The van der Waals surface area contributed by atoms with Crippen LogP contribution in [0.15, 0.2) is 33.2 Å². The molecule has 0 atom stereocenters. The lowest BCUT2D eigenvalue weighted by Gasteiger charge is -1.99. The highest BCUT2D eigenvalue weighted by molar-refractivity contribution is 9.10. The van der Waals surface area contributed by atoms with Crippen molar-refractivity contribution in [1.29, 1.82) is 0 Å². The predicted octanol–water partition coefficient (Wildman–Crippen LogP) is 5.54. The lowest BCUT2D eigenvalue weighted by Crippen LogP contribution is -2.28. The van der Waals surface area contributed by atoms with E-state index in [1.807, 2.05) is 0 Å². The van der Waals surface area contributed by atoms with Gasteiger partial charge in [0.15, 0.2) is 0 Å². The van der Waals surface area contributed by atoms with Crippen molar-refractivity contribution >= 4 is 78.3 Å². The average Bonchev–Trinajstić information content (AvgIpc) is 2.24. The largest absolute Gasteiger partial charge is 0.617 e. The molecule has 2 aromatic heterocycles. The number of nitrogens with zero attached hydrogens (tertiary/aromatic N) is 2. The van der Waals surface area contributed by atoms with Crippen molar-refractivity contribution in [2.75, 3.05) is 0 Å². The fraction of sp³-hybridized carbons (Fsp3) is 0. The highest BCUT2D eigenvalue weighted by Crippen LogP contribution is 2.18. The number of halogens is 6. The molecular formula is C10H4Br2Cl4N2O. The molecule has 0 aliphatic heterocycles. The lowest BCUT2D eigenvalue weighted by atomic mass is 10.5. The van der Waals surface area contributed by atoms with Crippen molar-refractivity contribution in [3.8, 4) is 0 Å². The Morgan fingerprint density at radius 1 is 0.842 bits per heavy atom. The van der Waals surface area contributed by atoms with Gasteiger partial charge < -0.3 is 5.21 Å². The molecule has 0 radical (unpaired) electrons. The molecule has 2 aromatic rings. The third-order valence-corrected chi connectivity index (χ3v) is 3.46. The van der Waals surface area contributed by atoms with E-state index < -0.39 is 0 Å². The quantitative estimate of drug-likeness (QED) is 0.289. The summed E-state index contributed by atoms with van der Waals surface area (Å²) in [6.07, 6.45) is 0. The van der Waals surface area contributed by atoms with E-state index in [-0.39, 0.29) is 10.3 Å². The van der Waals surface area contributed by atoms with E-state index >= 15 is 0 Å². The van der Waals surface area contributed by atoms with Crippen LogP contribution in [0.2, 0.25) is 20.6 Å². The highest BCUT2D eigenvalue weighted by atomic mass is 79.9. The monoisotopic (exact) mass is 466 g/mol. The molecule has 0 bridgehead atoms. The maximum Gasteiger partial charge on any atom is 0.288 e. The fourth-order valence-corrected chi connectivity index (χ4v) is 3.24. The van der Waals surface area contributed by atoms with E-state index in [0.29, 0.717) is 19.5 Å². The molecule has 0 N–H and O–H groups in total. The van der Waals surface area contributed by atoms with Crippen LogP contribution in [0.1, 0.15) is 0 Å². The standard InChI is InChI=1S/C5H2BrCl2NO.C5H2BrCl2N/c6-3-1-4(7)9(10)5(8)2-3;6-3-1-4(7)9-5(8)2-3/h1-2H;1-2H. The average molecular weight is 470 g/mol. The molecule has 0 aromatic carbocycles. The van der Waals surface area contributed by atoms with Gasteiger partial charge in [-0.1, -0.05) is 55.1 Å². The molecule has 19 heavy (non-hydrogen) atoms. The Morgan fingerprint density at radius 3 is 1.58 bits per heavy atom. The summed E-state index contributed by atoms with van der Waals surface area (Å²) in [6.45, 7) is 0. The van der Waals surface area contributed by atoms with E-state index in [1.54, 1.807) is 12.1 Å². The summed E-state index contributed by atoms with van der Waals surface area (Å²) in [4.78, 5) is 3.74. The second-order valence-electron chi connectivity index (χ2n) is 3.04. The first-order valence-corrected chi connectivity index (χ1v) is 7.62. The molecule has 0 aliphatic carbocycles. The number of pyridine rings is 2. The van der Waals surface area contributed by atoms with Crippen LogP contribution in [-0.4, -0.2) is 4.98 Å². The second-order valence-corrected chi connectivity index (χ2v) is 6.42. The van der Waals surface area contributed by atoms with Gasteiger partial charge in [-0.25, -0.2) is 4.98 Å². The number of rotatable bonds is 0. The summed E-state index contributed by atoms with van der Waals surface area (Å²) in [5.41, 5.74) is 0. The van der Waals surface area contributed by atoms with Gasteiger partial charge in [0.1, 0.15) is 10.3 Å². The summed E-state index contributed by atoms with van der Waals surface area (Å²) < 4.78 is 1.97. The molecule has 0 amide bonds. The Bertz CT molecular complexity index is 524. The maximum atomic E-state index is 10.8. The number of hydrogen-bond donors (Lipinski definition) is 0. The molecule has 0 aliphatic rings. The van der Waals surface area contributed by atoms with Gasteiger partial charge in [0.2, 0.25) is 0 Å². The molecule has 102 valence electrons. The summed E-state index contributed by atoms with van der Waals surface area (Å²) >= 11 is 28.3. The van der Waals surface area contributed by atoms with Crippen molar-refractivity contribution in [1.82, 2.24) is 4.98 Å². The number of aromatic nitrogens is 2. The van der Waals surface area contributed by atoms with Gasteiger partial charge in [0.25, 0.3) is 10.3 Å². The zero-order valence-electron chi connectivity index (χ0n) is 8.88. The molecule has 0 unspecified atom stereocenters. The van der Waals surface area contributed by atoms with Crippen LogP contribution in [0.4, 0.5) is 0 Å². The van der Waals surface area contributed by atoms with Crippen molar-refractivity contribution in [3.05, 3.63) is 59.0 Å². The zero-order valence-corrected chi connectivity index (χ0v) is 15.1. The first-order valence-electron chi connectivity index (χ1n) is 4.52. The van der Waals surface area contributed by atoms with Crippen LogP contribution < -0.4 is 4.73 Å². The maximum absolute atomic E-state index is 10.8. The predicted molar refractivity (Wildman–Crippen MR) is 85.1 cm³/mol. The van der Waals surface area contributed by atoms with E-state index in [1.165, 1.54) is 12.1 Å². The highest BCUT2D eigenvalue weighted by Gasteiger charge is 2.07. The second kappa shape index (κ2) is 7.86. The first kappa shape index (κ1) is 17.3. The minimum atomic E-state index is 0.0550. The molecule has 9 heteroatoms.